The molecule has 4 rings (SSSR count). The van der Waals surface area contributed by atoms with Crippen LogP contribution in [0.25, 0.3) is 11.1 Å². The first kappa shape index (κ1) is 24.0. The highest BCUT2D eigenvalue weighted by Crippen LogP contribution is 2.31. The Morgan fingerprint density at radius 2 is 1.54 bits per heavy atom. The zero-order chi connectivity index (χ0) is 25.0. The molecule has 8 nitrogen and oxygen atoms in total. The van der Waals surface area contributed by atoms with Gasteiger partial charge in [-0.05, 0) is 47.5 Å². The molecule has 0 aliphatic heterocycles. The van der Waals surface area contributed by atoms with Crippen LogP contribution in [0.4, 0.5) is 23.1 Å². The van der Waals surface area contributed by atoms with Gasteiger partial charge in [0, 0.05) is 36.8 Å². The second-order valence-electron chi connectivity index (χ2n) is 8.33. The lowest BCUT2D eigenvalue weighted by molar-refractivity contribution is 0.602. The summed E-state index contributed by atoms with van der Waals surface area (Å²) in [6, 6.07) is 24.7. The number of aromatic nitrogens is 2. The average Bonchev–Trinajstić information content (AvgIpc) is 2.83. The third kappa shape index (κ3) is 5.88. The van der Waals surface area contributed by atoms with Crippen LogP contribution in [0.2, 0.25) is 0 Å². The Morgan fingerprint density at radius 1 is 0.886 bits per heavy atom. The minimum atomic E-state index is -3.20. The van der Waals surface area contributed by atoms with Gasteiger partial charge in [0.1, 0.15) is 5.82 Å². The van der Waals surface area contributed by atoms with Crippen molar-refractivity contribution in [2.75, 3.05) is 35.0 Å². The van der Waals surface area contributed by atoms with E-state index in [0.29, 0.717) is 23.8 Å². The predicted molar refractivity (Wildman–Crippen MR) is 142 cm³/mol. The van der Waals surface area contributed by atoms with Crippen LogP contribution in [0.3, 0.4) is 0 Å². The average molecular weight is 489 g/mol. The number of nitrogens with one attached hydrogen (secondary N) is 1. The van der Waals surface area contributed by atoms with E-state index in [1.54, 1.807) is 24.3 Å². The lowest BCUT2D eigenvalue weighted by Gasteiger charge is -2.21. The number of benzene rings is 3. The Labute approximate surface area is 205 Å². The molecule has 9 heteroatoms. The molecule has 0 aliphatic carbocycles. The molecule has 0 amide bonds. The Bertz CT molecular complexity index is 1410. The van der Waals surface area contributed by atoms with Crippen molar-refractivity contribution in [1.82, 2.24) is 9.97 Å². The molecule has 0 bridgehead atoms. The quantitative estimate of drug-likeness (QED) is 0.340. The van der Waals surface area contributed by atoms with E-state index >= 15 is 0 Å². The highest BCUT2D eigenvalue weighted by molar-refractivity contribution is 7.90. The first-order valence-electron chi connectivity index (χ1n) is 11.0. The van der Waals surface area contributed by atoms with Crippen molar-refractivity contribution in [1.29, 1.82) is 0 Å². The smallest absolute Gasteiger partial charge is 0.222 e. The van der Waals surface area contributed by atoms with E-state index in [-0.39, 0.29) is 5.95 Å². The van der Waals surface area contributed by atoms with E-state index in [0.717, 1.165) is 33.8 Å². The minimum absolute atomic E-state index is 0.142. The van der Waals surface area contributed by atoms with E-state index in [4.69, 9.17) is 11.5 Å². The highest BCUT2D eigenvalue weighted by Gasteiger charge is 2.16. The number of hydrogen-bond acceptors (Lipinski definition) is 8. The van der Waals surface area contributed by atoms with Gasteiger partial charge in [0.15, 0.2) is 9.84 Å². The van der Waals surface area contributed by atoms with Crippen LogP contribution in [0, 0.1) is 0 Å². The van der Waals surface area contributed by atoms with E-state index in [1.165, 1.54) is 6.26 Å². The number of nitrogen functional groups attached to an aromatic ring is 2. The summed E-state index contributed by atoms with van der Waals surface area (Å²) in [4.78, 5) is 11.1. The summed E-state index contributed by atoms with van der Waals surface area (Å²) in [7, 11) is -1.21. The minimum Gasteiger partial charge on any atom is -0.383 e. The first-order chi connectivity index (χ1) is 16.7. The van der Waals surface area contributed by atoms with Gasteiger partial charge in [-0.15, -0.1) is 0 Å². The number of sulfone groups is 1. The molecule has 180 valence electrons. The lowest BCUT2D eigenvalue weighted by atomic mass is 10.0. The Hall–Kier alpha value is -4.11. The second-order valence-corrected chi connectivity index (χ2v) is 10.3. The van der Waals surface area contributed by atoms with E-state index in [9.17, 15) is 8.42 Å². The van der Waals surface area contributed by atoms with Gasteiger partial charge in [-0.3, -0.25) is 0 Å². The summed E-state index contributed by atoms with van der Waals surface area (Å²) in [6.07, 6.45) is 1.20. The van der Waals surface area contributed by atoms with Gasteiger partial charge in [0.05, 0.1) is 17.1 Å². The topological polar surface area (TPSA) is 127 Å². The Kier molecular flexibility index (Phi) is 6.88. The van der Waals surface area contributed by atoms with Crippen LogP contribution in [0.1, 0.15) is 11.3 Å². The van der Waals surface area contributed by atoms with E-state index in [1.807, 2.05) is 61.6 Å². The fraction of sp³-hybridized carbons (Fsp3) is 0.154. The van der Waals surface area contributed by atoms with Gasteiger partial charge >= 0.3 is 0 Å². The van der Waals surface area contributed by atoms with E-state index < -0.39 is 9.84 Å². The maximum absolute atomic E-state index is 11.6. The standard InChI is InChI=1S/C26H28N6O2S/c1-32(21-6-4-3-5-7-21)17-23-24(25(27)31-26(28)30-23)19-10-12-20(13-11-19)29-16-18-8-14-22(15-9-18)35(2,33)34/h3-15,29H,16-17H2,1-2H3,(H4,27,28,30,31). The number of hydrogen-bond donors (Lipinski definition) is 3. The second kappa shape index (κ2) is 10.0. The third-order valence-corrected chi connectivity index (χ3v) is 6.76. The third-order valence-electron chi connectivity index (χ3n) is 5.63. The fourth-order valence-electron chi connectivity index (χ4n) is 3.79. The first-order valence-corrected chi connectivity index (χ1v) is 12.9. The fourth-order valence-corrected chi connectivity index (χ4v) is 4.42. The number of para-hydroxylation sites is 1. The highest BCUT2D eigenvalue weighted by atomic mass is 32.2. The van der Waals surface area contributed by atoms with Crippen molar-refractivity contribution in [2.24, 2.45) is 0 Å². The SMILES string of the molecule is CN(Cc1nc(N)nc(N)c1-c1ccc(NCc2ccc(S(C)(=O)=O)cc2)cc1)c1ccccc1. The van der Waals surface area contributed by atoms with Gasteiger partial charge in [-0.1, -0.05) is 42.5 Å². The Balaban J connectivity index is 1.51. The molecule has 0 saturated heterocycles. The van der Waals surface area contributed by atoms with Crippen LogP contribution in [-0.4, -0.2) is 31.7 Å². The van der Waals surface area contributed by atoms with Crippen molar-refractivity contribution in [2.45, 2.75) is 18.0 Å². The molecule has 0 saturated carbocycles. The van der Waals surface area contributed by atoms with Crippen LogP contribution >= 0.6 is 0 Å². The molecule has 1 heterocycles. The summed E-state index contributed by atoms with van der Waals surface area (Å²) >= 11 is 0. The van der Waals surface area contributed by atoms with Gasteiger partial charge in [-0.2, -0.15) is 4.98 Å². The largest absolute Gasteiger partial charge is 0.383 e. The van der Waals surface area contributed by atoms with Crippen molar-refractivity contribution < 1.29 is 8.42 Å². The Morgan fingerprint density at radius 3 is 2.17 bits per heavy atom. The summed E-state index contributed by atoms with van der Waals surface area (Å²) < 4.78 is 23.3. The van der Waals surface area contributed by atoms with Crippen LogP contribution in [-0.2, 0) is 22.9 Å². The zero-order valence-electron chi connectivity index (χ0n) is 19.6. The van der Waals surface area contributed by atoms with Gasteiger partial charge in [0.2, 0.25) is 5.95 Å². The summed E-state index contributed by atoms with van der Waals surface area (Å²) in [5, 5.41) is 3.35. The molecular formula is C26H28N6O2S. The molecular weight excluding hydrogens is 460 g/mol. The molecule has 4 aromatic rings. The zero-order valence-corrected chi connectivity index (χ0v) is 20.5. The summed E-state index contributed by atoms with van der Waals surface area (Å²) in [5.41, 5.74) is 17.5. The number of rotatable bonds is 8. The molecule has 0 unspecified atom stereocenters. The van der Waals surface area contributed by atoms with Gasteiger partial charge < -0.3 is 21.7 Å². The maximum Gasteiger partial charge on any atom is 0.222 e. The van der Waals surface area contributed by atoms with E-state index in [2.05, 4.69) is 20.2 Å². The number of nitrogens with zero attached hydrogens (tertiary/aromatic N) is 3. The summed E-state index contributed by atoms with van der Waals surface area (Å²) in [6.45, 7) is 1.07. The molecule has 0 fully saturated rings. The predicted octanol–water partition coefficient (Wildman–Crippen LogP) is 3.96. The molecule has 35 heavy (non-hydrogen) atoms. The van der Waals surface area contributed by atoms with Gasteiger partial charge in [0.25, 0.3) is 0 Å². The monoisotopic (exact) mass is 488 g/mol. The van der Waals surface area contributed by atoms with Crippen molar-refractivity contribution >= 4 is 33.0 Å². The summed E-state index contributed by atoms with van der Waals surface area (Å²) in [5.74, 6) is 0.475. The van der Waals surface area contributed by atoms with Crippen LogP contribution in [0.15, 0.2) is 83.8 Å². The molecule has 5 N–H and O–H groups in total. The van der Waals surface area contributed by atoms with Crippen molar-refractivity contribution in [3.05, 3.63) is 90.1 Å². The molecule has 3 aromatic carbocycles. The molecule has 0 radical (unpaired) electrons. The van der Waals surface area contributed by atoms with Crippen molar-refractivity contribution in [3.8, 4) is 11.1 Å². The molecule has 0 spiro atoms. The lowest BCUT2D eigenvalue weighted by Crippen LogP contribution is -2.19. The molecule has 0 atom stereocenters. The maximum atomic E-state index is 11.6. The van der Waals surface area contributed by atoms with Crippen LogP contribution < -0.4 is 21.7 Å². The van der Waals surface area contributed by atoms with Crippen LogP contribution in [0.5, 0.6) is 0 Å². The number of anilines is 4. The normalized spacial score (nSPS) is 11.3. The van der Waals surface area contributed by atoms with Gasteiger partial charge in [-0.25, -0.2) is 13.4 Å². The molecule has 1 aromatic heterocycles. The molecule has 0 aliphatic rings. The number of nitrogens with two attached hydrogens (primary N) is 2. The van der Waals surface area contributed by atoms with Crippen molar-refractivity contribution in [3.63, 3.8) is 0 Å².